The first kappa shape index (κ1) is 19.3. The van der Waals surface area contributed by atoms with Gasteiger partial charge in [-0.05, 0) is 33.1 Å². The summed E-state index contributed by atoms with van der Waals surface area (Å²) in [6, 6.07) is 0. The van der Waals surface area contributed by atoms with E-state index in [1.54, 1.807) is 0 Å². The number of allylic oxidation sites excluding steroid dienone is 5. The molecule has 0 aromatic heterocycles. The maximum absolute atomic E-state index is 3.82. The highest BCUT2D eigenvalue weighted by Gasteiger charge is 1.90. The highest BCUT2D eigenvalue weighted by molar-refractivity contribution is 5.19. The lowest BCUT2D eigenvalue weighted by Crippen LogP contribution is -1.79. The molecule has 0 spiro atoms. The highest BCUT2D eigenvalue weighted by Crippen LogP contribution is 2.10. The van der Waals surface area contributed by atoms with Crippen LogP contribution in [0.15, 0.2) is 48.6 Å². The monoisotopic (exact) mass is 248 g/mol. The zero-order valence-electron chi connectivity index (χ0n) is 13.0. The predicted molar refractivity (Wildman–Crippen MR) is 87.0 cm³/mol. The van der Waals surface area contributed by atoms with Gasteiger partial charge < -0.3 is 0 Å². The van der Waals surface area contributed by atoms with Crippen LogP contribution in [0.1, 0.15) is 66.2 Å². The average molecular weight is 248 g/mol. The summed E-state index contributed by atoms with van der Waals surface area (Å²) < 4.78 is 0. The minimum Gasteiger partial charge on any atom is -0.0988 e. The lowest BCUT2D eigenvalue weighted by molar-refractivity contribution is 0.778. The molecule has 0 fully saturated rings. The van der Waals surface area contributed by atoms with Gasteiger partial charge in [0, 0.05) is 0 Å². The van der Waals surface area contributed by atoms with E-state index in [0.29, 0.717) is 0 Å². The summed E-state index contributed by atoms with van der Waals surface area (Å²) in [6.45, 7) is 19.5. The van der Waals surface area contributed by atoms with E-state index in [-0.39, 0.29) is 0 Å². The molecule has 0 bridgehead atoms. The van der Waals surface area contributed by atoms with Crippen LogP contribution in [0.5, 0.6) is 0 Å². The largest absolute Gasteiger partial charge is 0.0988 e. The van der Waals surface area contributed by atoms with Crippen molar-refractivity contribution in [3.8, 4) is 0 Å². The van der Waals surface area contributed by atoms with Crippen LogP contribution in [0.4, 0.5) is 0 Å². The van der Waals surface area contributed by atoms with E-state index in [1.807, 2.05) is 19.9 Å². The number of rotatable bonds is 8. The van der Waals surface area contributed by atoms with Gasteiger partial charge in [0.05, 0.1) is 0 Å². The fourth-order valence-electron chi connectivity index (χ4n) is 1.16. The molecule has 0 saturated carbocycles. The molecule has 0 radical (unpaired) electrons. The van der Waals surface area contributed by atoms with Crippen LogP contribution in [0, 0.1) is 0 Å². The molecule has 0 aliphatic heterocycles. The summed E-state index contributed by atoms with van der Waals surface area (Å²) in [7, 11) is 0. The van der Waals surface area contributed by atoms with Crippen molar-refractivity contribution in [2.45, 2.75) is 66.2 Å². The van der Waals surface area contributed by atoms with Crippen LogP contribution < -0.4 is 0 Å². The van der Waals surface area contributed by atoms with Gasteiger partial charge in [-0.2, -0.15) is 0 Å². The Labute approximate surface area is 115 Å². The third-order valence-electron chi connectivity index (χ3n) is 2.77. The highest BCUT2D eigenvalue weighted by atomic mass is 14.0. The molecular weight excluding hydrogens is 216 g/mol. The first-order valence-corrected chi connectivity index (χ1v) is 7.12. The van der Waals surface area contributed by atoms with Crippen molar-refractivity contribution < 1.29 is 0 Å². The zero-order valence-corrected chi connectivity index (χ0v) is 13.0. The molecule has 0 aliphatic carbocycles. The maximum atomic E-state index is 3.82. The van der Waals surface area contributed by atoms with Gasteiger partial charge in [-0.3, -0.25) is 0 Å². The van der Waals surface area contributed by atoms with E-state index in [4.69, 9.17) is 0 Å². The number of hydrogen-bond acceptors (Lipinski definition) is 0. The normalized spacial score (nSPS) is 10.3. The minimum atomic E-state index is 1.06. The van der Waals surface area contributed by atoms with E-state index >= 15 is 0 Å². The maximum Gasteiger partial charge on any atom is -0.0282 e. The second-order valence-corrected chi connectivity index (χ2v) is 4.79. The first-order valence-electron chi connectivity index (χ1n) is 7.12. The van der Waals surface area contributed by atoms with Crippen molar-refractivity contribution in [2.75, 3.05) is 0 Å². The fourth-order valence-corrected chi connectivity index (χ4v) is 1.16. The summed E-state index contributed by atoms with van der Waals surface area (Å²) >= 11 is 0. The Hall–Kier alpha value is -1.04. The summed E-state index contributed by atoms with van der Waals surface area (Å²) in [4.78, 5) is 0. The molecule has 0 amide bonds. The average Bonchev–Trinajstić information content (AvgIpc) is 2.34. The number of unbranched alkanes of at least 4 members (excludes halogenated alkanes) is 3. The van der Waals surface area contributed by atoms with Gasteiger partial charge in [0.25, 0.3) is 0 Å². The van der Waals surface area contributed by atoms with Crippen LogP contribution in [0.3, 0.4) is 0 Å². The first-order chi connectivity index (χ1) is 8.49. The van der Waals surface area contributed by atoms with Crippen LogP contribution >= 0.6 is 0 Å². The molecule has 0 N–H and O–H groups in total. The van der Waals surface area contributed by atoms with Gasteiger partial charge in [0.2, 0.25) is 0 Å². The predicted octanol–water partition coefficient (Wildman–Crippen LogP) is 6.62. The van der Waals surface area contributed by atoms with Crippen molar-refractivity contribution in [1.82, 2.24) is 0 Å². The lowest BCUT2D eigenvalue weighted by Gasteiger charge is -1.99. The summed E-state index contributed by atoms with van der Waals surface area (Å²) in [5.74, 6) is 0. The Morgan fingerprint density at radius 1 is 0.944 bits per heavy atom. The van der Waals surface area contributed by atoms with Crippen LogP contribution in [0.2, 0.25) is 0 Å². The Morgan fingerprint density at radius 3 is 1.78 bits per heavy atom. The Balaban J connectivity index is 0. The molecule has 0 unspecified atom stereocenters. The third kappa shape index (κ3) is 15.0. The van der Waals surface area contributed by atoms with Gasteiger partial charge in [0.15, 0.2) is 0 Å². The topological polar surface area (TPSA) is 0 Å². The van der Waals surface area contributed by atoms with Gasteiger partial charge in [0.1, 0.15) is 0 Å². The van der Waals surface area contributed by atoms with Crippen molar-refractivity contribution in [1.29, 1.82) is 0 Å². The van der Waals surface area contributed by atoms with E-state index < -0.39 is 0 Å². The Bertz CT molecular complexity index is 254. The lowest BCUT2D eigenvalue weighted by atomic mass is 10.1. The van der Waals surface area contributed by atoms with Gasteiger partial charge in [-0.25, -0.2) is 0 Å². The smallest absolute Gasteiger partial charge is 0.0282 e. The summed E-state index contributed by atoms with van der Waals surface area (Å²) in [5.41, 5.74) is 3.57. The minimum absolute atomic E-state index is 1.06. The summed E-state index contributed by atoms with van der Waals surface area (Å²) in [6.07, 6.45) is 11.9. The van der Waals surface area contributed by atoms with Crippen molar-refractivity contribution in [3.05, 3.63) is 48.6 Å². The molecule has 0 nitrogen and oxygen atoms in total. The molecule has 0 aliphatic rings. The molecule has 0 heteroatoms. The SMILES string of the molecule is C=C(C)C(=C)C.C=CC(=CCCCC)CCCC. The van der Waals surface area contributed by atoms with E-state index in [0.717, 1.165) is 11.1 Å². The quantitative estimate of drug-likeness (QED) is 0.334. The second kappa shape index (κ2) is 14.0. The Kier molecular flexibility index (Phi) is 15.0. The second-order valence-electron chi connectivity index (χ2n) is 4.79. The van der Waals surface area contributed by atoms with Crippen LogP contribution in [-0.4, -0.2) is 0 Å². The van der Waals surface area contributed by atoms with E-state index in [9.17, 15) is 0 Å². The molecule has 0 atom stereocenters. The fraction of sp³-hybridized carbons (Fsp3) is 0.556. The standard InChI is InChI=1S/C12H22.C6H10/c1-4-7-9-11-12(6-3)10-8-5-2;1-5(2)6(3)4/h6,11H,3-5,7-10H2,1-2H3;1,3H2,2,4H3. The van der Waals surface area contributed by atoms with Gasteiger partial charge in [-0.1, -0.05) is 81.7 Å². The van der Waals surface area contributed by atoms with Crippen LogP contribution in [0.25, 0.3) is 0 Å². The molecule has 0 heterocycles. The van der Waals surface area contributed by atoms with Crippen molar-refractivity contribution in [3.63, 3.8) is 0 Å². The van der Waals surface area contributed by atoms with Crippen LogP contribution in [-0.2, 0) is 0 Å². The Morgan fingerprint density at radius 2 is 1.44 bits per heavy atom. The van der Waals surface area contributed by atoms with Crippen molar-refractivity contribution >= 4 is 0 Å². The van der Waals surface area contributed by atoms with E-state index in [1.165, 1.54) is 44.1 Å². The molecule has 18 heavy (non-hydrogen) atoms. The zero-order chi connectivity index (χ0) is 14.4. The molecule has 0 saturated heterocycles. The van der Waals surface area contributed by atoms with Crippen molar-refractivity contribution in [2.24, 2.45) is 0 Å². The molecule has 0 aromatic rings. The molecular formula is C18H32. The molecule has 0 aromatic carbocycles. The van der Waals surface area contributed by atoms with Gasteiger partial charge >= 0.3 is 0 Å². The number of hydrogen-bond donors (Lipinski definition) is 0. The van der Waals surface area contributed by atoms with Gasteiger partial charge in [-0.15, -0.1) is 0 Å². The van der Waals surface area contributed by atoms with E-state index in [2.05, 4.69) is 39.7 Å². The summed E-state index contributed by atoms with van der Waals surface area (Å²) in [5, 5.41) is 0. The third-order valence-corrected chi connectivity index (χ3v) is 2.77. The molecule has 0 rings (SSSR count). The molecule has 104 valence electrons.